The zero-order chi connectivity index (χ0) is 11.5. The summed E-state index contributed by atoms with van der Waals surface area (Å²) in [6, 6.07) is 7.23. The lowest BCUT2D eigenvalue weighted by atomic mass is 10.1. The van der Waals surface area contributed by atoms with Crippen LogP contribution in [-0.2, 0) is 9.53 Å². The monoisotopic (exact) mass is 254 g/mol. The van der Waals surface area contributed by atoms with Crippen LogP contribution in [0.15, 0.2) is 30.3 Å². The Hall–Kier alpha value is -1.52. The molecular formula is C12H15ClN2O2. The van der Waals surface area contributed by atoms with Gasteiger partial charge in [0.05, 0.1) is 7.11 Å². The van der Waals surface area contributed by atoms with Crippen molar-refractivity contribution in [2.75, 3.05) is 19.0 Å². The Morgan fingerprint density at radius 2 is 2.24 bits per heavy atom. The number of ether oxygens (including phenoxy) is 1. The van der Waals surface area contributed by atoms with Gasteiger partial charge in [0, 0.05) is 17.8 Å². The van der Waals surface area contributed by atoms with Crippen LogP contribution in [0.5, 0.6) is 0 Å². The number of para-hydroxylation sites is 1. The van der Waals surface area contributed by atoms with Gasteiger partial charge in [-0.25, -0.2) is 0 Å². The lowest BCUT2D eigenvalue weighted by Gasteiger charge is -2.05. The first-order valence-electron chi connectivity index (χ1n) is 5.09. The van der Waals surface area contributed by atoms with E-state index in [1.807, 2.05) is 24.3 Å². The lowest BCUT2D eigenvalue weighted by molar-refractivity contribution is -0.140. The molecule has 0 aliphatic carbocycles. The third-order valence-corrected chi connectivity index (χ3v) is 2.60. The summed E-state index contributed by atoms with van der Waals surface area (Å²) in [5.41, 5.74) is 8.90. The van der Waals surface area contributed by atoms with Gasteiger partial charge >= 0.3 is 5.97 Å². The van der Waals surface area contributed by atoms with Crippen molar-refractivity contribution in [1.29, 1.82) is 0 Å². The highest BCUT2D eigenvalue weighted by molar-refractivity contribution is 5.88. The van der Waals surface area contributed by atoms with E-state index in [2.05, 4.69) is 10.1 Å². The molecule has 4 nitrogen and oxygen atoms in total. The third kappa shape index (κ3) is 2.78. The molecule has 0 saturated heterocycles. The fourth-order valence-electron chi connectivity index (χ4n) is 1.77. The van der Waals surface area contributed by atoms with Gasteiger partial charge in [0.15, 0.2) is 0 Å². The summed E-state index contributed by atoms with van der Waals surface area (Å²) in [5.74, 6) is -0.420. The summed E-state index contributed by atoms with van der Waals surface area (Å²) in [7, 11) is 1.33. The number of carbonyl (C=O) groups is 1. The van der Waals surface area contributed by atoms with Gasteiger partial charge in [0.1, 0.15) is 6.04 Å². The molecule has 0 fully saturated rings. The molecule has 1 aliphatic rings. The van der Waals surface area contributed by atoms with Gasteiger partial charge < -0.3 is 15.8 Å². The number of benzene rings is 1. The fourth-order valence-corrected chi connectivity index (χ4v) is 1.77. The second kappa shape index (κ2) is 5.70. The van der Waals surface area contributed by atoms with Crippen molar-refractivity contribution >= 4 is 29.6 Å². The van der Waals surface area contributed by atoms with E-state index in [1.165, 1.54) is 7.11 Å². The highest BCUT2D eigenvalue weighted by Crippen LogP contribution is 2.30. The van der Waals surface area contributed by atoms with E-state index in [1.54, 1.807) is 6.08 Å². The van der Waals surface area contributed by atoms with Gasteiger partial charge in [0.25, 0.3) is 0 Å². The van der Waals surface area contributed by atoms with Crippen molar-refractivity contribution in [2.24, 2.45) is 5.73 Å². The zero-order valence-corrected chi connectivity index (χ0v) is 10.3. The number of nitrogens with one attached hydrogen (secondary N) is 1. The minimum Gasteiger partial charge on any atom is -0.468 e. The number of hydrogen-bond donors (Lipinski definition) is 2. The maximum Gasteiger partial charge on any atom is 0.326 e. The Bertz CT molecular complexity index is 446. The highest BCUT2D eigenvalue weighted by Gasteiger charge is 2.18. The molecule has 1 aliphatic heterocycles. The van der Waals surface area contributed by atoms with E-state index >= 15 is 0 Å². The van der Waals surface area contributed by atoms with Crippen LogP contribution in [0.3, 0.4) is 0 Å². The predicted molar refractivity (Wildman–Crippen MR) is 70.1 cm³/mol. The first-order chi connectivity index (χ1) is 7.72. The number of fused-ring (bicyclic) bond motifs is 1. The van der Waals surface area contributed by atoms with E-state index in [-0.39, 0.29) is 12.4 Å². The molecule has 17 heavy (non-hydrogen) atoms. The van der Waals surface area contributed by atoms with Crippen molar-refractivity contribution in [3.8, 4) is 0 Å². The van der Waals surface area contributed by atoms with Crippen LogP contribution in [-0.4, -0.2) is 25.7 Å². The smallest absolute Gasteiger partial charge is 0.326 e. The predicted octanol–water partition coefficient (Wildman–Crippen LogP) is 1.42. The third-order valence-electron chi connectivity index (χ3n) is 2.60. The van der Waals surface area contributed by atoms with Crippen LogP contribution in [0.1, 0.15) is 5.56 Å². The topological polar surface area (TPSA) is 64.3 Å². The minimum atomic E-state index is -0.701. The summed E-state index contributed by atoms with van der Waals surface area (Å²) in [5, 5.41) is 3.24. The first kappa shape index (κ1) is 13.5. The zero-order valence-electron chi connectivity index (χ0n) is 9.47. The molecule has 92 valence electrons. The minimum absolute atomic E-state index is 0. The number of methoxy groups -OCH3 is 1. The van der Waals surface area contributed by atoms with Crippen molar-refractivity contribution < 1.29 is 9.53 Å². The number of rotatable bonds is 2. The second-order valence-electron chi connectivity index (χ2n) is 3.64. The largest absolute Gasteiger partial charge is 0.468 e. The number of halogens is 1. The molecule has 1 unspecified atom stereocenters. The molecule has 0 saturated carbocycles. The van der Waals surface area contributed by atoms with E-state index in [0.717, 1.165) is 16.8 Å². The van der Waals surface area contributed by atoms with Crippen molar-refractivity contribution in [2.45, 2.75) is 6.04 Å². The van der Waals surface area contributed by atoms with Crippen molar-refractivity contribution in [3.63, 3.8) is 0 Å². The molecule has 0 radical (unpaired) electrons. The van der Waals surface area contributed by atoms with Crippen LogP contribution in [0.4, 0.5) is 5.69 Å². The SMILES string of the molecule is COC(=O)C(N)C=C1CNc2ccccc21.Cl. The van der Waals surface area contributed by atoms with Crippen LogP contribution < -0.4 is 11.1 Å². The normalized spacial score (nSPS) is 16.7. The average molecular weight is 255 g/mol. The van der Waals surface area contributed by atoms with Crippen LogP contribution >= 0.6 is 12.4 Å². The Kier molecular flexibility index (Phi) is 4.54. The Labute approximate surface area is 106 Å². The van der Waals surface area contributed by atoms with E-state index in [4.69, 9.17) is 5.73 Å². The van der Waals surface area contributed by atoms with Gasteiger partial charge in [-0.1, -0.05) is 24.3 Å². The van der Waals surface area contributed by atoms with Gasteiger partial charge in [-0.15, -0.1) is 12.4 Å². The Morgan fingerprint density at radius 3 is 2.94 bits per heavy atom. The summed E-state index contributed by atoms with van der Waals surface area (Å²) in [6.07, 6.45) is 1.74. The van der Waals surface area contributed by atoms with Gasteiger partial charge in [0.2, 0.25) is 0 Å². The maximum absolute atomic E-state index is 11.2. The molecule has 0 aromatic heterocycles. The molecular weight excluding hydrogens is 240 g/mol. The van der Waals surface area contributed by atoms with Gasteiger partial charge in [-0.2, -0.15) is 0 Å². The summed E-state index contributed by atoms with van der Waals surface area (Å²) in [4.78, 5) is 11.2. The maximum atomic E-state index is 11.2. The average Bonchev–Trinajstić information content (AvgIpc) is 2.72. The van der Waals surface area contributed by atoms with E-state index in [9.17, 15) is 4.79 Å². The summed E-state index contributed by atoms with van der Waals surface area (Å²) < 4.78 is 4.58. The number of hydrogen-bond acceptors (Lipinski definition) is 4. The van der Waals surface area contributed by atoms with Crippen LogP contribution in [0.25, 0.3) is 5.57 Å². The Morgan fingerprint density at radius 1 is 1.53 bits per heavy atom. The molecule has 0 spiro atoms. The molecule has 3 N–H and O–H groups in total. The van der Waals surface area contributed by atoms with Gasteiger partial charge in [-0.05, 0) is 11.6 Å². The molecule has 5 heteroatoms. The number of nitrogens with two attached hydrogens (primary N) is 1. The Balaban J connectivity index is 0.00000144. The quantitative estimate of drug-likeness (QED) is 0.784. The molecule has 0 bridgehead atoms. The van der Waals surface area contributed by atoms with E-state index in [0.29, 0.717) is 6.54 Å². The molecule has 1 atom stereocenters. The van der Waals surface area contributed by atoms with Gasteiger partial charge in [-0.3, -0.25) is 4.79 Å². The molecule has 1 heterocycles. The molecule has 2 rings (SSSR count). The number of carbonyl (C=O) groups excluding carboxylic acids is 1. The summed E-state index contributed by atoms with van der Waals surface area (Å²) in [6.45, 7) is 0.698. The number of anilines is 1. The molecule has 1 aromatic carbocycles. The van der Waals surface area contributed by atoms with Crippen LogP contribution in [0.2, 0.25) is 0 Å². The second-order valence-corrected chi connectivity index (χ2v) is 3.64. The fraction of sp³-hybridized carbons (Fsp3) is 0.250. The highest BCUT2D eigenvalue weighted by atomic mass is 35.5. The molecule has 0 amide bonds. The van der Waals surface area contributed by atoms with Crippen LogP contribution in [0, 0.1) is 0 Å². The van der Waals surface area contributed by atoms with E-state index < -0.39 is 12.0 Å². The number of esters is 1. The van der Waals surface area contributed by atoms with Crippen molar-refractivity contribution in [1.82, 2.24) is 0 Å². The standard InChI is InChI=1S/C12H14N2O2.ClH/c1-16-12(15)10(13)6-8-7-14-11-5-3-2-4-9(8)11;/h2-6,10,14H,7,13H2,1H3;1H. The summed E-state index contributed by atoms with van der Waals surface area (Å²) >= 11 is 0. The molecule has 1 aromatic rings. The first-order valence-corrected chi connectivity index (χ1v) is 5.09. The lowest BCUT2D eigenvalue weighted by Crippen LogP contribution is -2.29. The van der Waals surface area contributed by atoms with Crippen molar-refractivity contribution in [3.05, 3.63) is 35.9 Å².